The summed E-state index contributed by atoms with van der Waals surface area (Å²) in [5, 5.41) is 2.81. The monoisotopic (exact) mass is 320 g/mol. The van der Waals surface area contributed by atoms with Crippen LogP contribution in [0.15, 0.2) is 73.1 Å². The summed E-state index contributed by atoms with van der Waals surface area (Å²) in [6.45, 7) is 0. The number of hydrogen-bond acceptors (Lipinski definition) is 3. The molecule has 0 aliphatic carbocycles. The van der Waals surface area contributed by atoms with Crippen molar-refractivity contribution in [2.24, 2.45) is 0 Å². The summed E-state index contributed by atoms with van der Waals surface area (Å²) < 4.78 is 6.58. The van der Waals surface area contributed by atoms with Crippen molar-refractivity contribution in [3.8, 4) is 5.69 Å². The normalized spacial score (nSPS) is 10.2. The third-order valence-corrected chi connectivity index (χ3v) is 3.57. The molecule has 0 fully saturated rings. The lowest BCUT2D eigenvalue weighted by molar-refractivity contribution is 0.0600. The molecule has 0 unspecified atom stereocenters. The van der Waals surface area contributed by atoms with Crippen molar-refractivity contribution in [1.82, 2.24) is 4.57 Å². The Labute approximate surface area is 139 Å². The maximum atomic E-state index is 12.4. The number of esters is 1. The Balaban J connectivity index is 1.75. The first kappa shape index (κ1) is 15.6. The van der Waals surface area contributed by atoms with E-state index in [0.717, 1.165) is 5.69 Å². The van der Waals surface area contributed by atoms with Crippen LogP contribution in [0, 0.1) is 0 Å². The maximum absolute atomic E-state index is 12.4. The van der Waals surface area contributed by atoms with E-state index in [9.17, 15) is 9.59 Å². The summed E-state index contributed by atoms with van der Waals surface area (Å²) >= 11 is 0. The number of hydrogen-bond donors (Lipinski definition) is 1. The molecule has 0 aliphatic rings. The molecule has 1 aromatic heterocycles. The van der Waals surface area contributed by atoms with Gasteiger partial charge >= 0.3 is 5.97 Å². The van der Waals surface area contributed by atoms with Gasteiger partial charge in [0.2, 0.25) is 0 Å². The van der Waals surface area contributed by atoms with Crippen molar-refractivity contribution in [2.45, 2.75) is 0 Å². The fraction of sp³-hybridized carbons (Fsp3) is 0.0526. The zero-order chi connectivity index (χ0) is 16.9. The molecule has 5 heteroatoms. The summed E-state index contributed by atoms with van der Waals surface area (Å²) in [5.41, 5.74) is 2.51. The predicted molar refractivity (Wildman–Crippen MR) is 91.5 cm³/mol. The van der Waals surface area contributed by atoms with Gasteiger partial charge in [-0.1, -0.05) is 6.07 Å². The van der Waals surface area contributed by atoms with Gasteiger partial charge in [0.1, 0.15) is 0 Å². The van der Waals surface area contributed by atoms with Crippen LogP contribution in [-0.2, 0) is 4.74 Å². The second-order valence-electron chi connectivity index (χ2n) is 5.16. The number of anilines is 1. The Bertz CT molecular complexity index is 853. The lowest BCUT2D eigenvalue weighted by Gasteiger charge is -2.08. The fourth-order valence-corrected chi connectivity index (χ4v) is 2.33. The third-order valence-electron chi connectivity index (χ3n) is 3.57. The molecular weight excluding hydrogens is 304 g/mol. The van der Waals surface area contributed by atoms with E-state index in [4.69, 9.17) is 0 Å². The van der Waals surface area contributed by atoms with Crippen LogP contribution in [0.3, 0.4) is 0 Å². The van der Waals surface area contributed by atoms with Crippen LogP contribution in [0.4, 0.5) is 5.69 Å². The van der Waals surface area contributed by atoms with Crippen LogP contribution in [-0.4, -0.2) is 23.6 Å². The fourth-order valence-electron chi connectivity index (χ4n) is 2.33. The molecule has 5 nitrogen and oxygen atoms in total. The first-order valence-corrected chi connectivity index (χ1v) is 7.40. The van der Waals surface area contributed by atoms with Crippen molar-refractivity contribution in [3.63, 3.8) is 0 Å². The molecule has 0 saturated heterocycles. The van der Waals surface area contributed by atoms with Crippen molar-refractivity contribution < 1.29 is 14.3 Å². The molecule has 1 N–H and O–H groups in total. The van der Waals surface area contributed by atoms with Crippen LogP contribution in [0.2, 0.25) is 0 Å². The topological polar surface area (TPSA) is 60.3 Å². The molecule has 1 heterocycles. The number of carbonyl (C=O) groups is 2. The molecule has 1 amide bonds. The van der Waals surface area contributed by atoms with Crippen LogP contribution in [0.1, 0.15) is 20.7 Å². The van der Waals surface area contributed by atoms with E-state index in [0.29, 0.717) is 16.8 Å². The molecule has 3 rings (SSSR count). The van der Waals surface area contributed by atoms with E-state index in [1.54, 1.807) is 30.3 Å². The smallest absolute Gasteiger partial charge is 0.337 e. The number of ether oxygens (including phenoxy) is 1. The van der Waals surface area contributed by atoms with Crippen molar-refractivity contribution in [3.05, 3.63) is 84.2 Å². The first-order valence-electron chi connectivity index (χ1n) is 7.40. The average molecular weight is 320 g/mol. The molecular formula is C19H16N2O3. The van der Waals surface area contributed by atoms with E-state index >= 15 is 0 Å². The van der Waals surface area contributed by atoms with Crippen molar-refractivity contribution in [2.75, 3.05) is 12.4 Å². The van der Waals surface area contributed by atoms with Gasteiger partial charge in [-0.15, -0.1) is 0 Å². The van der Waals surface area contributed by atoms with Crippen LogP contribution in [0.25, 0.3) is 5.69 Å². The summed E-state index contributed by atoms with van der Waals surface area (Å²) in [4.78, 5) is 23.8. The number of nitrogens with one attached hydrogen (secondary N) is 1. The number of carbonyl (C=O) groups excluding carboxylic acids is 2. The van der Waals surface area contributed by atoms with Crippen LogP contribution >= 0.6 is 0 Å². The van der Waals surface area contributed by atoms with E-state index in [1.165, 1.54) is 7.11 Å². The summed E-state index contributed by atoms with van der Waals surface area (Å²) in [7, 11) is 1.33. The molecule has 3 aromatic rings. The van der Waals surface area contributed by atoms with Gasteiger partial charge in [0.05, 0.1) is 12.7 Å². The number of aromatic nitrogens is 1. The molecule has 0 aliphatic heterocycles. The Morgan fingerprint density at radius 3 is 2.29 bits per heavy atom. The summed E-state index contributed by atoms with van der Waals surface area (Å²) in [5.74, 6) is -0.623. The third kappa shape index (κ3) is 3.35. The van der Waals surface area contributed by atoms with E-state index < -0.39 is 5.97 Å². The lowest BCUT2D eigenvalue weighted by Crippen LogP contribution is -2.12. The molecule has 0 spiro atoms. The quantitative estimate of drug-likeness (QED) is 0.748. The van der Waals surface area contributed by atoms with Gasteiger partial charge < -0.3 is 14.6 Å². The summed E-state index contributed by atoms with van der Waals surface area (Å²) in [6.07, 6.45) is 3.84. The molecule has 0 radical (unpaired) electrons. The number of methoxy groups -OCH3 is 1. The van der Waals surface area contributed by atoms with Crippen molar-refractivity contribution >= 4 is 17.6 Å². The first-order chi connectivity index (χ1) is 11.7. The molecule has 120 valence electrons. The zero-order valence-electron chi connectivity index (χ0n) is 13.1. The van der Waals surface area contributed by atoms with Crippen molar-refractivity contribution in [1.29, 1.82) is 0 Å². The lowest BCUT2D eigenvalue weighted by atomic mass is 10.1. The van der Waals surface area contributed by atoms with Gasteiger partial charge in [-0.05, 0) is 54.6 Å². The number of rotatable bonds is 4. The van der Waals surface area contributed by atoms with Crippen LogP contribution in [0.5, 0.6) is 0 Å². The minimum Gasteiger partial charge on any atom is -0.465 e. The van der Waals surface area contributed by atoms with E-state index in [1.807, 2.05) is 47.3 Å². The molecule has 2 aromatic carbocycles. The second-order valence-corrected chi connectivity index (χ2v) is 5.16. The van der Waals surface area contributed by atoms with Gasteiger partial charge in [-0.25, -0.2) is 4.79 Å². The van der Waals surface area contributed by atoms with E-state index in [-0.39, 0.29) is 5.91 Å². The highest BCUT2D eigenvalue weighted by Crippen LogP contribution is 2.15. The Kier molecular flexibility index (Phi) is 4.43. The Hall–Kier alpha value is -3.34. The standard InChI is InChI=1S/C19H16N2O3/c1-24-19(23)14-7-9-16(10-8-14)20-18(22)15-5-4-6-17(13-15)21-11-2-3-12-21/h2-13H,1H3,(H,20,22). The number of amides is 1. The van der Waals surface area contributed by atoms with Gasteiger partial charge in [0.25, 0.3) is 5.91 Å². The van der Waals surface area contributed by atoms with E-state index in [2.05, 4.69) is 10.1 Å². The minimum absolute atomic E-state index is 0.213. The second kappa shape index (κ2) is 6.83. The Morgan fingerprint density at radius 1 is 0.917 bits per heavy atom. The van der Waals surface area contributed by atoms with Gasteiger partial charge in [-0.2, -0.15) is 0 Å². The van der Waals surface area contributed by atoms with Gasteiger partial charge in [-0.3, -0.25) is 4.79 Å². The number of benzene rings is 2. The maximum Gasteiger partial charge on any atom is 0.337 e. The molecule has 0 bridgehead atoms. The minimum atomic E-state index is -0.410. The molecule has 0 saturated carbocycles. The highest BCUT2D eigenvalue weighted by molar-refractivity contribution is 6.04. The number of nitrogens with zero attached hydrogens (tertiary/aromatic N) is 1. The average Bonchev–Trinajstić information content (AvgIpc) is 3.16. The van der Waals surface area contributed by atoms with Gasteiger partial charge in [0, 0.05) is 29.3 Å². The molecule has 24 heavy (non-hydrogen) atoms. The van der Waals surface area contributed by atoms with Crippen LogP contribution < -0.4 is 5.32 Å². The SMILES string of the molecule is COC(=O)c1ccc(NC(=O)c2cccc(-n3cccc3)c2)cc1. The molecule has 0 atom stereocenters. The predicted octanol–water partition coefficient (Wildman–Crippen LogP) is 3.52. The highest BCUT2D eigenvalue weighted by atomic mass is 16.5. The zero-order valence-corrected chi connectivity index (χ0v) is 13.1. The van der Waals surface area contributed by atoms with Gasteiger partial charge in [0.15, 0.2) is 0 Å². The summed E-state index contributed by atoms with van der Waals surface area (Å²) in [6, 6.07) is 17.7. The largest absolute Gasteiger partial charge is 0.465 e. The Morgan fingerprint density at radius 2 is 1.62 bits per heavy atom. The highest BCUT2D eigenvalue weighted by Gasteiger charge is 2.09.